The molecule has 1 heterocycles. The van der Waals surface area contributed by atoms with Gasteiger partial charge in [-0.3, -0.25) is 9.89 Å². The van der Waals surface area contributed by atoms with Crippen molar-refractivity contribution in [1.82, 2.24) is 25.3 Å². The van der Waals surface area contributed by atoms with Crippen LogP contribution in [0.25, 0.3) is 0 Å². The van der Waals surface area contributed by atoms with Crippen LogP contribution in [0.3, 0.4) is 0 Å². The topological polar surface area (TPSA) is 72.4 Å². The summed E-state index contributed by atoms with van der Waals surface area (Å²) in [4.78, 5) is 24.2. The molecule has 8 nitrogen and oxygen atoms in total. The maximum atomic E-state index is 12.2. The van der Waals surface area contributed by atoms with Gasteiger partial charge in [0.05, 0.1) is 6.54 Å². The molecule has 0 aromatic heterocycles. The fourth-order valence-corrected chi connectivity index (χ4v) is 3.54. The van der Waals surface area contributed by atoms with E-state index in [9.17, 15) is 4.79 Å². The maximum Gasteiger partial charge on any atom is 0.407 e. The number of alkyl carbamates (subject to hydrolysis) is 1. The minimum Gasteiger partial charge on any atom is -0.444 e. The second-order valence-electron chi connectivity index (χ2n) is 10.1. The summed E-state index contributed by atoms with van der Waals surface area (Å²) in [5, 5.41) is 6.45. The summed E-state index contributed by atoms with van der Waals surface area (Å²) >= 11 is 0. The molecule has 1 aliphatic rings. The van der Waals surface area contributed by atoms with Gasteiger partial charge in [0.15, 0.2) is 5.96 Å². The molecular formula is C23H49IN6O2. The first-order chi connectivity index (χ1) is 14.4. The smallest absolute Gasteiger partial charge is 0.407 e. The molecule has 0 radical (unpaired) electrons. The van der Waals surface area contributed by atoms with Crippen molar-refractivity contribution in [1.29, 1.82) is 0 Å². The second-order valence-corrected chi connectivity index (χ2v) is 10.1. The monoisotopic (exact) mass is 568 g/mol. The Morgan fingerprint density at radius 2 is 1.75 bits per heavy atom. The van der Waals surface area contributed by atoms with E-state index >= 15 is 0 Å². The highest BCUT2D eigenvalue weighted by Crippen LogP contribution is 2.11. The lowest BCUT2D eigenvalue weighted by atomic mass is 10.0. The third-order valence-corrected chi connectivity index (χ3v) is 5.65. The van der Waals surface area contributed by atoms with Gasteiger partial charge in [0.25, 0.3) is 0 Å². The van der Waals surface area contributed by atoms with Crippen LogP contribution in [0.2, 0.25) is 0 Å². The number of guanidine groups is 1. The van der Waals surface area contributed by atoms with Crippen molar-refractivity contribution in [3.05, 3.63) is 0 Å². The molecule has 32 heavy (non-hydrogen) atoms. The van der Waals surface area contributed by atoms with Crippen molar-refractivity contribution in [2.45, 2.75) is 72.6 Å². The molecular weight excluding hydrogens is 519 g/mol. The van der Waals surface area contributed by atoms with Crippen molar-refractivity contribution >= 4 is 36.0 Å². The number of rotatable bonds is 9. The number of amides is 1. The molecule has 2 atom stereocenters. The minimum atomic E-state index is -0.492. The Balaban J connectivity index is 0.00000961. The van der Waals surface area contributed by atoms with Crippen LogP contribution in [0, 0.1) is 5.92 Å². The van der Waals surface area contributed by atoms with Crippen molar-refractivity contribution < 1.29 is 9.53 Å². The first-order valence-corrected chi connectivity index (χ1v) is 11.8. The number of hydrogen-bond donors (Lipinski definition) is 2. The third-order valence-electron chi connectivity index (χ3n) is 5.65. The lowest BCUT2D eigenvalue weighted by molar-refractivity contribution is 0.0486. The van der Waals surface area contributed by atoms with Gasteiger partial charge in [0.2, 0.25) is 0 Å². The second kappa shape index (κ2) is 15.2. The fourth-order valence-electron chi connectivity index (χ4n) is 3.54. The molecule has 0 saturated carbocycles. The summed E-state index contributed by atoms with van der Waals surface area (Å²) in [6, 6.07) is 0.470. The zero-order valence-corrected chi connectivity index (χ0v) is 24.2. The molecule has 2 N–H and O–H groups in total. The van der Waals surface area contributed by atoms with Crippen molar-refractivity contribution in [3.63, 3.8) is 0 Å². The number of halogens is 1. The van der Waals surface area contributed by atoms with Gasteiger partial charge in [-0.05, 0) is 54.0 Å². The largest absolute Gasteiger partial charge is 0.444 e. The summed E-state index contributed by atoms with van der Waals surface area (Å²) in [7, 11) is 4.24. The SMILES string of the molecule is CCNC(=NCC(C)N1CCN(C)CC1)N(C)CCC(NC(=O)OC(C)(C)C)C(C)C.I. The van der Waals surface area contributed by atoms with Gasteiger partial charge in [-0.25, -0.2) is 4.79 Å². The zero-order chi connectivity index (χ0) is 23.6. The van der Waals surface area contributed by atoms with E-state index in [0.717, 1.165) is 58.2 Å². The Bertz CT molecular complexity index is 559. The van der Waals surface area contributed by atoms with Gasteiger partial charge in [-0.1, -0.05) is 13.8 Å². The van der Waals surface area contributed by atoms with Crippen LogP contribution in [0.15, 0.2) is 4.99 Å². The van der Waals surface area contributed by atoms with E-state index in [1.165, 1.54) is 0 Å². The van der Waals surface area contributed by atoms with Gasteiger partial charge < -0.3 is 25.2 Å². The predicted octanol–water partition coefficient (Wildman–Crippen LogP) is 3.08. The quantitative estimate of drug-likeness (QED) is 0.253. The lowest BCUT2D eigenvalue weighted by Gasteiger charge is -2.36. The van der Waals surface area contributed by atoms with Crippen LogP contribution in [0.5, 0.6) is 0 Å². The number of piperazine rings is 1. The Hall–Kier alpha value is -0.810. The van der Waals surface area contributed by atoms with Crippen LogP contribution in [0.1, 0.15) is 54.9 Å². The molecule has 0 aromatic carbocycles. The van der Waals surface area contributed by atoms with Gasteiger partial charge in [-0.15, -0.1) is 24.0 Å². The van der Waals surface area contributed by atoms with Crippen LogP contribution >= 0.6 is 24.0 Å². The number of nitrogens with one attached hydrogen (secondary N) is 2. The molecule has 0 bridgehead atoms. The highest BCUT2D eigenvalue weighted by molar-refractivity contribution is 14.0. The maximum absolute atomic E-state index is 12.2. The predicted molar refractivity (Wildman–Crippen MR) is 145 cm³/mol. The average Bonchev–Trinajstić information content (AvgIpc) is 2.66. The molecule has 1 rings (SSSR count). The molecule has 0 aromatic rings. The van der Waals surface area contributed by atoms with E-state index < -0.39 is 5.60 Å². The molecule has 0 aliphatic carbocycles. The highest BCUT2D eigenvalue weighted by atomic mass is 127. The average molecular weight is 569 g/mol. The van der Waals surface area contributed by atoms with E-state index in [2.05, 4.69) is 67.1 Å². The summed E-state index contributed by atoms with van der Waals surface area (Å²) in [5.74, 6) is 1.24. The number of likely N-dealkylation sites (N-methyl/N-ethyl adjacent to an activating group) is 1. The lowest BCUT2D eigenvalue weighted by Crippen LogP contribution is -2.49. The molecule has 1 aliphatic heterocycles. The van der Waals surface area contributed by atoms with Gasteiger partial charge in [0.1, 0.15) is 5.60 Å². The summed E-state index contributed by atoms with van der Waals surface area (Å²) in [6.07, 6.45) is 0.474. The number of hydrogen-bond acceptors (Lipinski definition) is 5. The molecule has 2 unspecified atom stereocenters. The fraction of sp³-hybridized carbons (Fsp3) is 0.913. The Kier molecular flexibility index (Phi) is 14.8. The van der Waals surface area contributed by atoms with Crippen LogP contribution < -0.4 is 10.6 Å². The zero-order valence-electron chi connectivity index (χ0n) is 21.9. The molecule has 0 spiro atoms. The van der Waals surface area contributed by atoms with E-state index in [0.29, 0.717) is 12.0 Å². The van der Waals surface area contributed by atoms with Gasteiger partial charge in [0, 0.05) is 58.4 Å². The van der Waals surface area contributed by atoms with Crippen molar-refractivity contribution in [2.24, 2.45) is 10.9 Å². The Morgan fingerprint density at radius 3 is 2.25 bits per heavy atom. The summed E-state index contributed by atoms with van der Waals surface area (Å²) in [5.41, 5.74) is -0.492. The third kappa shape index (κ3) is 12.4. The van der Waals surface area contributed by atoms with Crippen LogP contribution in [-0.2, 0) is 4.74 Å². The van der Waals surface area contributed by atoms with Crippen molar-refractivity contribution in [3.8, 4) is 0 Å². The van der Waals surface area contributed by atoms with Crippen LogP contribution in [0.4, 0.5) is 4.79 Å². The number of nitrogens with zero attached hydrogens (tertiary/aromatic N) is 4. The standard InChI is InChI=1S/C23H48N6O2.HI/c1-10-24-21(25-17-19(4)29-15-13-27(8)14-16-29)28(9)12-11-20(18(2)3)26-22(30)31-23(5,6)7;/h18-20H,10-17H2,1-9H3,(H,24,25)(H,26,30);1H. The Morgan fingerprint density at radius 1 is 1.16 bits per heavy atom. The van der Waals surface area contributed by atoms with E-state index in [-0.39, 0.29) is 36.1 Å². The molecule has 1 saturated heterocycles. The number of aliphatic imine (C=N–C) groups is 1. The number of ether oxygens (including phenoxy) is 1. The first-order valence-electron chi connectivity index (χ1n) is 11.8. The first kappa shape index (κ1) is 31.2. The van der Waals surface area contributed by atoms with E-state index in [4.69, 9.17) is 9.73 Å². The Labute approximate surface area is 213 Å². The van der Waals surface area contributed by atoms with Crippen molar-refractivity contribution in [2.75, 3.05) is 59.9 Å². The summed E-state index contributed by atoms with van der Waals surface area (Å²) < 4.78 is 5.43. The van der Waals surface area contributed by atoms with Crippen LogP contribution in [-0.4, -0.2) is 104 Å². The highest BCUT2D eigenvalue weighted by Gasteiger charge is 2.23. The summed E-state index contributed by atoms with van der Waals surface area (Å²) in [6.45, 7) is 21.1. The normalized spacial score (nSPS) is 18.0. The molecule has 1 fully saturated rings. The van der Waals surface area contributed by atoms with E-state index in [1.54, 1.807) is 0 Å². The minimum absolute atomic E-state index is 0. The number of carbonyl (C=O) groups is 1. The van der Waals surface area contributed by atoms with E-state index in [1.807, 2.05) is 20.8 Å². The molecule has 9 heteroatoms. The molecule has 1 amide bonds. The van der Waals surface area contributed by atoms with Gasteiger partial charge in [-0.2, -0.15) is 0 Å². The van der Waals surface area contributed by atoms with Gasteiger partial charge >= 0.3 is 6.09 Å². The molecule has 190 valence electrons. The number of carbonyl (C=O) groups excluding carboxylic acids is 1.